The third-order valence-corrected chi connectivity index (χ3v) is 3.40. The lowest BCUT2D eigenvalue weighted by Gasteiger charge is -2.02. The minimum atomic E-state index is 0.163. The van der Waals surface area contributed by atoms with Crippen LogP contribution in [0.1, 0.15) is 6.92 Å². The lowest BCUT2D eigenvalue weighted by atomic mass is 10.2. The van der Waals surface area contributed by atoms with Gasteiger partial charge in [0.05, 0.1) is 6.61 Å². The summed E-state index contributed by atoms with van der Waals surface area (Å²) < 4.78 is 15.9. The average Bonchev–Trinajstić information content (AvgIpc) is 3.33. The number of rotatable bonds is 5. The summed E-state index contributed by atoms with van der Waals surface area (Å²) in [7, 11) is 0. The molecule has 8 nitrogen and oxygen atoms in total. The van der Waals surface area contributed by atoms with Crippen LogP contribution in [0.25, 0.3) is 34.6 Å². The van der Waals surface area contributed by atoms with E-state index in [4.69, 9.17) is 13.8 Å². The molecule has 124 valence electrons. The van der Waals surface area contributed by atoms with Gasteiger partial charge in [-0.05, 0) is 43.3 Å². The van der Waals surface area contributed by atoms with E-state index in [2.05, 4.69) is 25.3 Å². The Morgan fingerprint density at radius 3 is 1.92 bits per heavy atom. The van der Waals surface area contributed by atoms with Crippen LogP contribution in [0.3, 0.4) is 0 Å². The molecule has 0 saturated heterocycles. The maximum Gasteiger partial charge on any atom is 0.316 e. The molecule has 0 saturated carbocycles. The molecular weight excluding hydrogens is 322 g/mol. The maximum atomic E-state index is 5.41. The van der Waals surface area contributed by atoms with E-state index in [0.29, 0.717) is 18.3 Å². The number of nitrogens with zero attached hydrogens (tertiary/aromatic N) is 5. The second-order valence-corrected chi connectivity index (χ2v) is 5.04. The molecule has 3 heterocycles. The zero-order valence-electron chi connectivity index (χ0n) is 13.3. The quantitative estimate of drug-likeness (QED) is 0.548. The summed E-state index contributed by atoms with van der Waals surface area (Å²) in [5.74, 6) is 1.97. The van der Waals surface area contributed by atoms with Gasteiger partial charge in [-0.2, -0.15) is 9.97 Å². The highest BCUT2D eigenvalue weighted by Crippen LogP contribution is 2.24. The SMILES string of the molecule is CCOc1ccc(-c2noc(-c3nc(-c4ccncc4)no3)n2)cc1. The van der Waals surface area contributed by atoms with Gasteiger partial charge < -0.3 is 13.8 Å². The molecule has 0 fully saturated rings. The van der Waals surface area contributed by atoms with E-state index in [0.717, 1.165) is 16.9 Å². The van der Waals surface area contributed by atoms with Crippen LogP contribution < -0.4 is 4.74 Å². The molecule has 0 bridgehead atoms. The first-order valence-electron chi connectivity index (χ1n) is 7.65. The Labute approximate surface area is 142 Å². The molecule has 0 aliphatic heterocycles. The summed E-state index contributed by atoms with van der Waals surface area (Å²) >= 11 is 0. The van der Waals surface area contributed by atoms with Crippen molar-refractivity contribution in [3.63, 3.8) is 0 Å². The van der Waals surface area contributed by atoms with Crippen molar-refractivity contribution in [3.05, 3.63) is 48.8 Å². The predicted octanol–water partition coefficient (Wildman–Crippen LogP) is 3.25. The second-order valence-electron chi connectivity index (χ2n) is 5.04. The van der Waals surface area contributed by atoms with E-state index in [9.17, 15) is 0 Å². The van der Waals surface area contributed by atoms with Gasteiger partial charge in [-0.3, -0.25) is 4.98 Å². The second kappa shape index (κ2) is 6.52. The van der Waals surface area contributed by atoms with E-state index >= 15 is 0 Å². The Balaban J connectivity index is 1.58. The van der Waals surface area contributed by atoms with Crippen LogP contribution in [0.4, 0.5) is 0 Å². The van der Waals surface area contributed by atoms with Crippen molar-refractivity contribution >= 4 is 0 Å². The molecule has 0 unspecified atom stereocenters. The molecule has 4 rings (SSSR count). The highest BCUT2D eigenvalue weighted by molar-refractivity contribution is 5.59. The molecule has 8 heteroatoms. The first kappa shape index (κ1) is 15.0. The first-order chi connectivity index (χ1) is 12.3. The molecule has 0 radical (unpaired) electrons. The van der Waals surface area contributed by atoms with Crippen molar-refractivity contribution in [1.29, 1.82) is 0 Å². The van der Waals surface area contributed by atoms with E-state index in [1.165, 1.54) is 0 Å². The molecule has 3 aromatic heterocycles. The molecule has 1 aromatic carbocycles. The van der Waals surface area contributed by atoms with Crippen LogP contribution in [0.15, 0.2) is 57.8 Å². The molecular formula is C17H13N5O3. The van der Waals surface area contributed by atoms with E-state index < -0.39 is 0 Å². The number of hydrogen-bond acceptors (Lipinski definition) is 8. The van der Waals surface area contributed by atoms with E-state index in [-0.39, 0.29) is 11.8 Å². The molecule has 4 aromatic rings. The fraction of sp³-hybridized carbons (Fsp3) is 0.118. The monoisotopic (exact) mass is 335 g/mol. The Morgan fingerprint density at radius 2 is 1.36 bits per heavy atom. The van der Waals surface area contributed by atoms with Crippen molar-refractivity contribution in [2.45, 2.75) is 6.92 Å². The Kier molecular flexibility index (Phi) is 3.91. The van der Waals surface area contributed by atoms with Gasteiger partial charge in [0.1, 0.15) is 5.75 Å². The topological polar surface area (TPSA) is 100.0 Å². The molecule has 0 N–H and O–H groups in total. The summed E-state index contributed by atoms with van der Waals surface area (Å²) in [6, 6.07) is 11.0. The molecule has 0 atom stereocenters. The van der Waals surface area contributed by atoms with Crippen LogP contribution in [-0.4, -0.2) is 31.9 Å². The van der Waals surface area contributed by atoms with Gasteiger partial charge in [0.25, 0.3) is 0 Å². The van der Waals surface area contributed by atoms with Crippen LogP contribution in [0, 0.1) is 0 Å². The average molecular weight is 335 g/mol. The predicted molar refractivity (Wildman–Crippen MR) is 87.4 cm³/mol. The number of benzene rings is 1. The third kappa shape index (κ3) is 3.09. The highest BCUT2D eigenvalue weighted by Gasteiger charge is 2.18. The molecule has 25 heavy (non-hydrogen) atoms. The summed E-state index contributed by atoms with van der Waals surface area (Å²) in [4.78, 5) is 12.5. The van der Waals surface area contributed by atoms with Gasteiger partial charge in [0, 0.05) is 23.5 Å². The number of pyridine rings is 1. The summed E-state index contributed by atoms with van der Waals surface area (Å²) in [6.45, 7) is 2.55. The number of aromatic nitrogens is 5. The van der Waals surface area contributed by atoms with Gasteiger partial charge in [0.2, 0.25) is 11.6 Å². The van der Waals surface area contributed by atoms with E-state index in [1.54, 1.807) is 24.5 Å². The zero-order valence-corrected chi connectivity index (χ0v) is 13.3. The first-order valence-corrected chi connectivity index (χ1v) is 7.65. The van der Waals surface area contributed by atoms with Crippen LogP contribution in [-0.2, 0) is 0 Å². The fourth-order valence-corrected chi connectivity index (χ4v) is 2.22. The third-order valence-electron chi connectivity index (χ3n) is 3.40. The van der Waals surface area contributed by atoms with Crippen LogP contribution in [0.2, 0.25) is 0 Å². The van der Waals surface area contributed by atoms with Crippen molar-refractivity contribution in [2.24, 2.45) is 0 Å². The largest absolute Gasteiger partial charge is 0.494 e. The lowest BCUT2D eigenvalue weighted by molar-refractivity contribution is 0.340. The normalized spacial score (nSPS) is 10.8. The lowest BCUT2D eigenvalue weighted by Crippen LogP contribution is -1.90. The van der Waals surface area contributed by atoms with Crippen molar-refractivity contribution < 1.29 is 13.8 Å². The maximum absolute atomic E-state index is 5.41. The molecule has 0 spiro atoms. The smallest absolute Gasteiger partial charge is 0.316 e. The molecule has 0 amide bonds. The summed E-state index contributed by atoms with van der Waals surface area (Å²) in [6.07, 6.45) is 3.31. The van der Waals surface area contributed by atoms with Crippen molar-refractivity contribution in [2.75, 3.05) is 6.61 Å². The Morgan fingerprint density at radius 1 is 0.800 bits per heavy atom. The highest BCUT2D eigenvalue weighted by atomic mass is 16.5. The van der Waals surface area contributed by atoms with Gasteiger partial charge >= 0.3 is 11.8 Å². The standard InChI is InChI=1S/C17H13N5O3/c1-2-23-13-5-3-11(4-6-13)14-19-16(24-21-14)17-20-15(22-25-17)12-7-9-18-10-8-12/h3-10H,2H2,1H3. The summed E-state index contributed by atoms with van der Waals surface area (Å²) in [5.41, 5.74) is 1.59. The molecule has 0 aliphatic rings. The van der Waals surface area contributed by atoms with E-state index in [1.807, 2.05) is 31.2 Å². The minimum absolute atomic E-state index is 0.163. The van der Waals surface area contributed by atoms with Crippen molar-refractivity contribution in [3.8, 4) is 40.3 Å². The number of ether oxygens (including phenoxy) is 1. The minimum Gasteiger partial charge on any atom is -0.494 e. The van der Waals surface area contributed by atoms with Gasteiger partial charge in [0.15, 0.2) is 0 Å². The fourth-order valence-electron chi connectivity index (χ4n) is 2.22. The Hall–Kier alpha value is -3.55. The Bertz CT molecular complexity index is 963. The summed E-state index contributed by atoms with van der Waals surface area (Å²) in [5, 5.41) is 7.87. The van der Waals surface area contributed by atoms with Gasteiger partial charge in [-0.25, -0.2) is 0 Å². The van der Waals surface area contributed by atoms with Gasteiger partial charge in [-0.1, -0.05) is 10.3 Å². The van der Waals surface area contributed by atoms with Crippen LogP contribution in [0.5, 0.6) is 5.75 Å². The van der Waals surface area contributed by atoms with Crippen LogP contribution >= 0.6 is 0 Å². The number of hydrogen-bond donors (Lipinski definition) is 0. The zero-order chi connectivity index (χ0) is 17.1. The van der Waals surface area contributed by atoms with Gasteiger partial charge in [-0.15, -0.1) is 0 Å². The van der Waals surface area contributed by atoms with Crippen molar-refractivity contribution in [1.82, 2.24) is 25.3 Å². The molecule has 0 aliphatic carbocycles.